The van der Waals surface area contributed by atoms with Crippen molar-refractivity contribution in [2.75, 3.05) is 6.61 Å². The summed E-state index contributed by atoms with van der Waals surface area (Å²) in [7, 11) is 0. The molecule has 1 aliphatic rings. The van der Waals surface area contributed by atoms with E-state index >= 15 is 0 Å². The third-order valence-electron chi connectivity index (χ3n) is 3.72. The summed E-state index contributed by atoms with van der Waals surface area (Å²) in [6.45, 7) is 8.35. The highest BCUT2D eigenvalue weighted by molar-refractivity contribution is 5.87. The summed E-state index contributed by atoms with van der Waals surface area (Å²) in [6.07, 6.45) is 7.24. The molecule has 0 aliphatic heterocycles. The zero-order valence-electron chi connectivity index (χ0n) is 10.6. The third kappa shape index (κ3) is 3.66. The fourth-order valence-electron chi connectivity index (χ4n) is 2.73. The normalized spacial score (nSPS) is 24.4. The molecule has 0 N–H and O–H groups in total. The Bertz CT molecular complexity index is 245. The van der Waals surface area contributed by atoms with E-state index in [1.807, 2.05) is 6.92 Å². The molecular weight excluding hydrogens is 200 g/mol. The average Bonchev–Trinajstić information content (AvgIpc) is 2.73. The van der Waals surface area contributed by atoms with Crippen LogP contribution in [-0.2, 0) is 9.53 Å². The number of hydrogen-bond acceptors (Lipinski definition) is 2. The molecule has 0 bridgehead atoms. The second kappa shape index (κ2) is 6.72. The minimum Gasteiger partial charge on any atom is -0.463 e. The number of esters is 1. The summed E-state index contributed by atoms with van der Waals surface area (Å²) >= 11 is 0. The lowest BCUT2D eigenvalue weighted by molar-refractivity contribution is -0.138. The maximum absolute atomic E-state index is 11.4. The van der Waals surface area contributed by atoms with Gasteiger partial charge in [-0.05, 0) is 31.6 Å². The quantitative estimate of drug-likeness (QED) is 0.508. The van der Waals surface area contributed by atoms with E-state index in [2.05, 4.69) is 13.5 Å². The molecule has 1 saturated carbocycles. The van der Waals surface area contributed by atoms with E-state index in [4.69, 9.17) is 4.74 Å². The van der Waals surface area contributed by atoms with Crippen LogP contribution in [0.15, 0.2) is 12.2 Å². The molecule has 0 heterocycles. The zero-order valence-corrected chi connectivity index (χ0v) is 10.6. The lowest BCUT2D eigenvalue weighted by Crippen LogP contribution is -2.11. The summed E-state index contributed by atoms with van der Waals surface area (Å²) in [5.74, 6) is 1.46. The molecule has 1 aliphatic carbocycles. The van der Waals surface area contributed by atoms with Crippen LogP contribution >= 0.6 is 0 Å². The zero-order chi connectivity index (χ0) is 12.0. The summed E-state index contributed by atoms with van der Waals surface area (Å²) in [6, 6.07) is 0. The molecule has 0 saturated heterocycles. The highest BCUT2D eigenvalue weighted by atomic mass is 16.5. The Labute approximate surface area is 99.1 Å². The Hall–Kier alpha value is -0.790. The average molecular weight is 224 g/mol. The number of carbonyl (C=O) groups excluding carboxylic acids is 1. The van der Waals surface area contributed by atoms with Gasteiger partial charge in [0.1, 0.15) is 0 Å². The van der Waals surface area contributed by atoms with E-state index in [0.29, 0.717) is 12.2 Å². The number of rotatable bonds is 6. The molecule has 1 rings (SSSR count). The van der Waals surface area contributed by atoms with Crippen molar-refractivity contribution in [3.8, 4) is 0 Å². The Balaban J connectivity index is 2.28. The van der Waals surface area contributed by atoms with Gasteiger partial charge in [0.05, 0.1) is 6.61 Å². The minimum absolute atomic E-state index is 0.214. The standard InChI is InChI=1S/C14H24O2/c1-4-12-7-6-8-13(12)10-9-11(3)14(15)16-5-2/h12-13H,3-10H2,1-2H3/t12-,13-/m0/s1. The molecule has 2 atom stereocenters. The molecule has 2 nitrogen and oxygen atoms in total. The highest BCUT2D eigenvalue weighted by Gasteiger charge is 2.25. The molecule has 0 unspecified atom stereocenters. The van der Waals surface area contributed by atoms with Crippen molar-refractivity contribution in [3.05, 3.63) is 12.2 Å². The Morgan fingerprint density at radius 1 is 1.31 bits per heavy atom. The van der Waals surface area contributed by atoms with Gasteiger partial charge in [0.2, 0.25) is 0 Å². The molecule has 92 valence electrons. The fourth-order valence-corrected chi connectivity index (χ4v) is 2.73. The van der Waals surface area contributed by atoms with Crippen LogP contribution in [0.5, 0.6) is 0 Å². The van der Waals surface area contributed by atoms with Crippen molar-refractivity contribution < 1.29 is 9.53 Å². The van der Waals surface area contributed by atoms with E-state index in [0.717, 1.165) is 24.7 Å². The Kier molecular flexibility index (Phi) is 5.58. The maximum atomic E-state index is 11.4. The van der Waals surface area contributed by atoms with Gasteiger partial charge in [0, 0.05) is 5.57 Å². The third-order valence-corrected chi connectivity index (χ3v) is 3.72. The van der Waals surface area contributed by atoms with Gasteiger partial charge in [-0.2, -0.15) is 0 Å². The first-order valence-corrected chi connectivity index (χ1v) is 6.53. The topological polar surface area (TPSA) is 26.3 Å². The largest absolute Gasteiger partial charge is 0.463 e. The molecule has 0 aromatic rings. The van der Waals surface area contributed by atoms with Crippen LogP contribution in [0.4, 0.5) is 0 Å². The molecule has 0 spiro atoms. The van der Waals surface area contributed by atoms with Gasteiger partial charge in [-0.15, -0.1) is 0 Å². The Morgan fingerprint density at radius 3 is 2.62 bits per heavy atom. The van der Waals surface area contributed by atoms with Crippen LogP contribution in [0, 0.1) is 11.8 Å². The van der Waals surface area contributed by atoms with Crippen LogP contribution in [-0.4, -0.2) is 12.6 Å². The van der Waals surface area contributed by atoms with E-state index in [9.17, 15) is 4.79 Å². The van der Waals surface area contributed by atoms with Gasteiger partial charge < -0.3 is 4.74 Å². The lowest BCUT2D eigenvalue weighted by atomic mass is 9.88. The SMILES string of the molecule is C=C(CC[C@@H]1CCC[C@@H]1CC)C(=O)OCC. The second-order valence-electron chi connectivity index (χ2n) is 4.72. The summed E-state index contributed by atoms with van der Waals surface area (Å²) in [5, 5.41) is 0. The van der Waals surface area contributed by atoms with Gasteiger partial charge >= 0.3 is 5.97 Å². The molecule has 1 fully saturated rings. The number of carbonyl (C=O) groups is 1. The van der Waals surface area contributed by atoms with E-state index in [1.54, 1.807) is 0 Å². The molecule has 0 radical (unpaired) electrons. The molecule has 0 aromatic heterocycles. The van der Waals surface area contributed by atoms with Gasteiger partial charge in [0.25, 0.3) is 0 Å². The maximum Gasteiger partial charge on any atom is 0.333 e. The molecule has 0 aromatic carbocycles. The van der Waals surface area contributed by atoms with E-state index in [-0.39, 0.29) is 5.97 Å². The summed E-state index contributed by atoms with van der Waals surface area (Å²) in [5.41, 5.74) is 0.642. The smallest absolute Gasteiger partial charge is 0.333 e. The fraction of sp³-hybridized carbons (Fsp3) is 0.786. The lowest BCUT2D eigenvalue weighted by Gasteiger charge is -2.17. The van der Waals surface area contributed by atoms with Crippen LogP contribution < -0.4 is 0 Å². The monoisotopic (exact) mass is 224 g/mol. The molecule has 16 heavy (non-hydrogen) atoms. The van der Waals surface area contributed by atoms with E-state index < -0.39 is 0 Å². The van der Waals surface area contributed by atoms with Gasteiger partial charge in [0.15, 0.2) is 0 Å². The highest BCUT2D eigenvalue weighted by Crippen LogP contribution is 2.37. The molecular formula is C14H24O2. The van der Waals surface area contributed by atoms with Gasteiger partial charge in [-0.1, -0.05) is 39.2 Å². The minimum atomic E-state index is -0.214. The first-order valence-electron chi connectivity index (χ1n) is 6.53. The van der Waals surface area contributed by atoms with Crippen molar-refractivity contribution in [3.63, 3.8) is 0 Å². The second-order valence-corrected chi connectivity index (χ2v) is 4.72. The van der Waals surface area contributed by atoms with Crippen molar-refractivity contribution in [1.29, 1.82) is 0 Å². The summed E-state index contributed by atoms with van der Waals surface area (Å²) < 4.78 is 4.93. The first kappa shape index (κ1) is 13.3. The van der Waals surface area contributed by atoms with Crippen molar-refractivity contribution >= 4 is 5.97 Å². The number of hydrogen-bond donors (Lipinski definition) is 0. The van der Waals surface area contributed by atoms with Crippen LogP contribution in [0.25, 0.3) is 0 Å². The van der Waals surface area contributed by atoms with Crippen LogP contribution in [0.1, 0.15) is 52.4 Å². The first-order chi connectivity index (χ1) is 7.69. The predicted octanol–water partition coefficient (Wildman–Crippen LogP) is 3.71. The van der Waals surface area contributed by atoms with Crippen molar-refractivity contribution in [2.45, 2.75) is 52.4 Å². The molecule has 2 heteroatoms. The Morgan fingerprint density at radius 2 is 2.00 bits per heavy atom. The molecule has 0 amide bonds. The van der Waals surface area contributed by atoms with E-state index in [1.165, 1.54) is 25.7 Å². The van der Waals surface area contributed by atoms with Crippen molar-refractivity contribution in [1.82, 2.24) is 0 Å². The summed E-state index contributed by atoms with van der Waals surface area (Å²) in [4.78, 5) is 11.4. The van der Waals surface area contributed by atoms with Crippen LogP contribution in [0.2, 0.25) is 0 Å². The van der Waals surface area contributed by atoms with Gasteiger partial charge in [-0.3, -0.25) is 0 Å². The predicted molar refractivity (Wildman–Crippen MR) is 66.1 cm³/mol. The van der Waals surface area contributed by atoms with Gasteiger partial charge in [-0.25, -0.2) is 4.79 Å². The number of ether oxygens (including phenoxy) is 1. The van der Waals surface area contributed by atoms with Crippen molar-refractivity contribution in [2.24, 2.45) is 11.8 Å². The van der Waals surface area contributed by atoms with Crippen LogP contribution in [0.3, 0.4) is 0 Å².